The van der Waals surface area contributed by atoms with E-state index in [-0.39, 0.29) is 53.2 Å². The minimum absolute atomic E-state index is 0.0142. The number of imidazole rings is 2. The molecule has 0 unspecified atom stereocenters. The zero-order valence-corrected chi connectivity index (χ0v) is 40.4. The van der Waals surface area contributed by atoms with Crippen LogP contribution >= 0.6 is 0 Å². The number of amides is 4. The van der Waals surface area contributed by atoms with Crippen LogP contribution in [0.2, 0.25) is 0 Å². The van der Waals surface area contributed by atoms with E-state index in [1.54, 1.807) is 4.90 Å². The van der Waals surface area contributed by atoms with Gasteiger partial charge in [-0.2, -0.15) is 0 Å². The third kappa shape index (κ3) is 9.46. The fraction of sp³-hybridized carbons (Fsp3) is 0.500. The van der Waals surface area contributed by atoms with Gasteiger partial charge in [-0.1, -0.05) is 90.9 Å². The summed E-state index contributed by atoms with van der Waals surface area (Å²) in [6, 6.07) is 22.4. The van der Waals surface area contributed by atoms with Crippen molar-refractivity contribution >= 4 is 40.7 Å². The van der Waals surface area contributed by atoms with Crippen LogP contribution in [0.3, 0.4) is 0 Å². The lowest BCUT2D eigenvalue weighted by Crippen LogP contribution is -2.51. The number of aromatic amines is 2. The van der Waals surface area contributed by atoms with Crippen molar-refractivity contribution in [3.8, 4) is 11.3 Å². The van der Waals surface area contributed by atoms with E-state index in [9.17, 15) is 24.3 Å². The zero-order chi connectivity index (χ0) is 47.9. The van der Waals surface area contributed by atoms with E-state index in [1.165, 1.54) is 30.8 Å². The first-order valence-electron chi connectivity index (χ1n) is 23.9. The largest absolute Gasteiger partial charge is 0.465 e. The molecule has 3 aromatic carbocycles. The lowest BCUT2D eigenvalue weighted by Gasteiger charge is -2.34. The first-order chi connectivity index (χ1) is 31.9. The molecule has 0 spiro atoms. The maximum Gasteiger partial charge on any atom is 0.407 e. The molecule has 3 aliphatic heterocycles. The summed E-state index contributed by atoms with van der Waals surface area (Å²) in [5.41, 5.74) is 8.44. The number of benzene rings is 3. The number of alkyl carbamates (subject to hydrolysis) is 1. The van der Waals surface area contributed by atoms with E-state index in [2.05, 4.69) is 108 Å². The summed E-state index contributed by atoms with van der Waals surface area (Å²) in [7, 11) is 2.76. The lowest BCUT2D eigenvalue weighted by atomic mass is 9.87. The molecule has 4 N–H and O–H groups in total. The second kappa shape index (κ2) is 19.1. The van der Waals surface area contributed by atoms with E-state index in [1.807, 2.05) is 38.8 Å². The molecule has 0 aliphatic carbocycles. The molecule has 356 valence electrons. The van der Waals surface area contributed by atoms with Gasteiger partial charge >= 0.3 is 12.2 Å². The molecular weight excluding hydrogens is 847 g/mol. The molecule has 6 atom stereocenters. The molecule has 4 amide bonds. The molecular formula is C52H67N9O6. The van der Waals surface area contributed by atoms with Crippen molar-refractivity contribution < 1.29 is 29.0 Å². The number of nitrogens with zero attached hydrogens (tertiary/aromatic N) is 6. The Balaban J connectivity index is 1.05. The number of fused-ring (bicyclic) bond motifs is 1. The van der Waals surface area contributed by atoms with Crippen LogP contribution in [-0.2, 0) is 19.7 Å². The van der Waals surface area contributed by atoms with Crippen LogP contribution in [0.1, 0.15) is 139 Å². The Hall–Kier alpha value is -6.38. The average Bonchev–Trinajstić information content (AvgIpc) is 4.16. The van der Waals surface area contributed by atoms with Crippen molar-refractivity contribution in [2.45, 2.75) is 129 Å². The number of nitrogens with one attached hydrogen (secondary N) is 3. The fourth-order valence-corrected chi connectivity index (χ4v) is 10.6. The molecule has 0 saturated carbocycles. The Morgan fingerprint density at radius 1 is 0.776 bits per heavy atom. The van der Waals surface area contributed by atoms with E-state index < -0.39 is 24.3 Å². The minimum atomic E-state index is -1.12. The second-order valence-electron chi connectivity index (χ2n) is 20.3. The highest BCUT2D eigenvalue weighted by Crippen LogP contribution is 2.48. The van der Waals surface area contributed by atoms with Gasteiger partial charge in [-0.05, 0) is 102 Å². The number of methoxy groups -OCH3 is 1. The number of anilines is 1. The third-order valence-corrected chi connectivity index (χ3v) is 14.2. The Kier molecular flexibility index (Phi) is 13.4. The molecule has 15 nitrogen and oxygen atoms in total. The highest BCUT2D eigenvalue weighted by atomic mass is 16.5. The number of rotatable bonds is 12. The molecule has 5 heterocycles. The molecule has 8 rings (SSSR count). The molecule has 15 heteroatoms. The Bertz CT molecular complexity index is 2580. The first-order valence-corrected chi connectivity index (χ1v) is 23.9. The van der Waals surface area contributed by atoms with Crippen LogP contribution in [0.5, 0.6) is 0 Å². The summed E-state index contributed by atoms with van der Waals surface area (Å²) in [5, 5.41) is 12.5. The van der Waals surface area contributed by atoms with E-state index in [0.717, 1.165) is 77.2 Å². The Morgan fingerprint density at radius 3 is 1.99 bits per heavy atom. The number of likely N-dealkylation sites (N-methyl/N-ethyl adjacent to an activating group) is 1. The highest BCUT2D eigenvalue weighted by Gasteiger charge is 2.41. The predicted molar refractivity (Wildman–Crippen MR) is 258 cm³/mol. The molecule has 2 aromatic heterocycles. The molecule has 3 saturated heterocycles. The molecule has 5 aromatic rings. The van der Waals surface area contributed by atoms with Crippen molar-refractivity contribution in [3.63, 3.8) is 0 Å². The third-order valence-electron chi connectivity index (χ3n) is 14.2. The van der Waals surface area contributed by atoms with E-state index >= 15 is 0 Å². The number of ether oxygens (including phenoxy) is 1. The summed E-state index contributed by atoms with van der Waals surface area (Å²) in [4.78, 5) is 75.9. The van der Waals surface area contributed by atoms with Gasteiger partial charge in [0.25, 0.3) is 0 Å². The summed E-state index contributed by atoms with van der Waals surface area (Å²) in [5.74, 6) is 0.827. The zero-order valence-electron chi connectivity index (χ0n) is 40.4. The molecule has 0 radical (unpaired) electrons. The normalized spacial score (nSPS) is 20.8. The minimum Gasteiger partial charge on any atom is -0.465 e. The van der Waals surface area contributed by atoms with Crippen molar-refractivity contribution in [1.29, 1.82) is 0 Å². The Morgan fingerprint density at radius 2 is 1.39 bits per heavy atom. The highest BCUT2D eigenvalue weighted by molar-refractivity contribution is 5.87. The maximum absolute atomic E-state index is 13.9. The monoisotopic (exact) mass is 914 g/mol. The number of carboxylic acid groups (broad SMARTS) is 1. The van der Waals surface area contributed by atoms with Crippen LogP contribution in [0.25, 0.3) is 22.3 Å². The second-order valence-corrected chi connectivity index (χ2v) is 20.3. The summed E-state index contributed by atoms with van der Waals surface area (Å²) >= 11 is 0. The number of hydrogen-bond donors (Lipinski definition) is 4. The van der Waals surface area contributed by atoms with Gasteiger partial charge in [0.15, 0.2) is 0 Å². The quantitative estimate of drug-likeness (QED) is 0.0948. The van der Waals surface area contributed by atoms with E-state index in [0.29, 0.717) is 18.9 Å². The smallest absolute Gasteiger partial charge is 0.407 e. The van der Waals surface area contributed by atoms with Gasteiger partial charge in [-0.25, -0.2) is 19.6 Å². The number of aromatic nitrogens is 4. The van der Waals surface area contributed by atoms with Gasteiger partial charge < -0.3 is 39.8 Å². The van der Waals surface area contributed by atoms with Crippen LogP contribution in [0.15, 0.2) is 72.9 Å². The Labute approximate surface area is 393 Å². The van der Waals surface area contributed by atoms with Gasteiger partial charge in [0, 0.05) is 25.8 Å². The van der Waals surface area contributed by atoms with Gasteiger partial charge in [0.05, 0.1) is 54.2 Å². The van der Waals surface area contributed by atoms with Crippen LogP contribution in [0.4, 0.5) is 15.3 Å². The number of carbonyl (C=O) groups excluding carboxylic acids is 3. The van der Waals surface area contributed by atoms with Gasteiger partial charge in [-0.15, -0.1) is 0 Å². The lowest BCUT2D eigenvalue weighted by molar-refractivity contribution is -0.138. The standard InChI is InChI=1S/C52H67N9O6/c1-30(2)44(57-50(64)67-9)48(62)59-26-11-13-43(59)47-54-37-23-18-34(28-38(37)55-47)41-25-24-40(61(41)36-21-19-35(20-22-36)52(5,6)7)33-16-14-32(15-17-33)39-29-53-46(56-39)42-12-10-27-60(42)49(63)45(31(3)4)58(8)51(65)66/h14-23,28-31,40-45H,10-13,24-27H2,1-9H3,(H,53,56)(H,54,55)(H,57,64)(H,65,66)/t40-,41+,42+,43+,44+,45+/m1/s1. The number of likely N-dealkylation sites (tertiary alicyclic amines) is 2. The fourth-order valence-electron chi connectivity index (χ4n) is 10.6. The van der Waals surface area contributed by atoms with Crippen LogP contribution in [-0.4, -0.2) is 103 Å². The number of H-pyrrole nitrogens is 2. The van der Waals surface area contributed by atoms with Crippen LogP contribution in [0, 0.1) is 11.8 Å². The topological polar surface area (TPSA) is 180 Å². The summed E-state index contributed by atoms with van der Waals surface area (Å²) in [6.07, 6.45) is 5.15. The molecule has 3 aliphatic rings. The maximum atomic E-state index is 13.9. The summed E-state index contributed by atoms with van der Waals surface area (Å²) in [6.45, 7) is 15.4. The summed E-state index contributed by atoms with van der Waals surface area (Å²) < 4.78 is 4.83. The number of hydrogen-bond acceptors (Lipinski definition) is 8. The SMILES string of the molecule is COC(=O)N[C@H](C(=O)N1CCC[C@H]1c1nc2ccc([C@@H]3CC[C@H](c4ccc(-c5cnc([C@@H]6CCCN6C(=O)[C@H](C(C)C)N(C)C(=O)O)[nH]5)cc4)N3c3ccc(C(C)(C)C)cc3)cc2[nH]1)C(C)C. The van der Waals surface area contributed by atoms with Crippen molar-refractivity contribution in [2.24, 2.45) is 11.8 Å². The molecule has 67 heavy (non-hydrogen) atoms. The number of carbonyl (C=O) groups is 4. The van der Waals surface area contributed by atoms with Gasteiger partial charge in [-0.3, -0.25) is 14.5 Å². The average molecular weight is 914 g/mol. The van der Waals surface area contributed by atoms with Gasteiger partial charge in [0.1, 0.15) is 23.7 Å². The molecule has 0 bridgehead atoms. The van der Waals surface area contributed by atoms with Crippen molar-refractivity contribution in [3.05, 3.63) is 101 Å². The first kappa shape index (κ1) is 47.1. The van der Waals surface area contributed by atoms with Gasteiger partial charge in [0.2, 0.25) is 11.8 Å². The predicted octanol–water partition coefficient (Wildman–Crippen LogP) is 9.68. The molecule has 3 fully saturated rings. The van der Waals surface area contributed by atoms with Crippen LogP contribution < -0.4 is 10.2 Å². The van der Waals surface area contributed by atoms with Crippen molar-refractivity contribution in [1.82, 2.24) is 40.0 Å². The van der Waals surface area contributed by atoms with Crippen molar-refractivity contribution in [2.75, 3.05) is 32.1 Å². The van der Waals surface area contributed by atoms with E-state index in [4.69, 9.17) is 14.7 Å².